The largest absolute Gasteiger partial charge is 0.511 e. The van der Waals surface area contributed by atoms with Crippen molar-refractivity contribution in [2.75, 3.05) is 10.0 Å². The Morgan fingerprint density at radius 3 is 2.70 bits per heavy atom. The third-order valence-corrected chi connectivity index (χ3v) is 11.8. The van der Waals surface area contributed by atoms with Crippen LogP contribution >= 0.6 is 10.7 Å². The molecule has 0 radical (unpaired) electrons. The van der Waals surface area contributed by atoms with Crippen LogP contribution in [-0.4, -0.2) is 46.6 Å². The molecule has 2 aliphatic carbocycles. The summed E-state index contributed by atoms with van der Waals surface area (Å²) >= 11 is 0. The third-order valence-electron chi connectivity index (χ3n) is 8.85. The summed E-state index contributed by atoms with van der Waals surface area (Å²) in [4.78, 5) is 20.7. The minimum atomic E-state index is -3.84. The van der Waals surface area contributed by atoms with Gasteiger partial charge in [0.25, 0.3) is 15.9 Å². The van der Waals surface area contributed by atoms with Crippen LogP contribution < -0.4 is 10.0 Å². The molecule has 4 aliphatic rings. The number of aliphatic hydroxyl groups excluding tert-OH is 1. The number of nitrogens with zero attached hydrogens (tertiary/aromatic N) is 3. The molecule has 1 unspecified atom stereocenters. The van der Waals surface area contributed by atoms with Gasteiger partial charge in [-0.1, -0.05) is 12.1 Å². The summed E-state index contributed by atoms with van der Waals surface area (Å²) in [6.07, 6.45) is 5.79. The number of hydrogen-bond donors (Lipinski definition) is 3. The second kappa shape index (κ2) is 10.6. The molecule has 2 aromatic carbocycles. The number of anilines is 2. The van der Waals surface area contributed by atoms with Crippen LogP contribution in [0.1, 0.15) is 31.7 Å². The Hall–Kier alpha value is -4.03. The van der Waals surface area contributed by atoms with E-state index in [0.29, 0.717) is 29.7 Å². The fourth-order valence-corrected chi connectivity index (χ4v) is 9.40. The molecule has 2 bridgehead atoms. The van der Waals surface area contributed by atoms with Gasteiger partial charge in [-0.05, 0) is 102 Å². The van der Waals surface area contributed by atoms with E-state index in [-0.39, 0.29) is 45.8 Å². The predicted molar refractivity (Wildman–Crippen MR) is 165 cm³/mol. The van der Waals surface area contributed by atoms with Crippen molar-refractivity contribution >= 4 is 49.2 Å². The highest BCUT2D eigenvalue weighted by atomic mass is 32.2. The molecule has 9 nitrogen and oxygen atoms in total. The number of rotatable bonds is 6. The number of halogens is 1. The van der Waals surface area contributed by atoms with Crippen LogP contribution in [-0.2, 0) is 21.4 Å². The van der Waals surface area contributed by atoms with E-state index in [0.717, 1.165) is 29.7 Å². The molecule has 1 amide bonds. The molecule has 2 fully saturated rings. The molecular formula is C31H30FN5O4S2. The Bertz CT molecular complexity index is 1830. The molecule has 43 heavy (non-hydrogen) atoms. The minimum Gasteiger partial charge on any atom is -0.511 e. The molecule has 0 spiro atoms. The monoisotopic (exact) mass is 619 g/mol. The summed E-state index contributed by atoms with van der Waals surface area (Å²) in [7, 11) is -4.68. The van der Waals surface area contributed by atoms with Gasteiger partial charge in [-0.25, -0.2) is 17.2 Å². The van der Waals surface area contributed by atoms with Gasteiger partial charge in [-0.3, -0.25) is 14.5 Å². The van der Waals surface area contributed by atoms with Gasteiger partial charge in [-0.15, -0.1) is 0 Å². The summed E-state index contributed by atoms with van der Waals surface area (Å²) in [5.41, 5.74) is 2.03. The number of hydrogen-bond acceptors (Lipinski definition) is 7. The van der Waals surface area contributed by atoms with Gasteiger partial charge in [0.1, 0.15) is 22.0 Å². The molecule has 3 aromatic rings. The van der Waals surface area contributed by atoms with Crippen molar-refractivity contribution in [3.63, 3.8) is 0 Å². The maximum Gasteiger partial charge on any atom is 0.263 e. The second-order valence-corrected chi connectivity index (χ2v) is 14.7. The highest BCUT2D eigenvalue weighted by Gasteiger charge is 2.57. The fourth-order valence-electron chi connectivity index (χ4n) is 7.00. The number of benzene rings is 2. The summed E-state index contributed by atoms with van der Waals surface area (Å²) in [5, 5.41) is 16.8. The SMILES string of the molecule is C/C=S1/N=C(C2=C(O)[C@@H]3[C@H]4CC[C@H](C4)[C@@H]3N(Cc3ccc(F)cc3)C2=O)Nc2ccc(NS(=O)(=O)c3cccnc3)cc21. The Labute approximate surface area is 251 Å². The van der Waals surface area contributed by atoms with Crippen molar-refractivity contribution in [1.29, 1.82) is 0 Å². The molecule has 0 saturated heterocycles. The number of carbonyl (C=O) groups excluding carboxylic acids is 1. The lowest BCUT2D eigenvalue weighted by Crippen LogP contribution is -2.53. The van der Waals surface area contributed by atoms with Crippen LogP contribution in [0.2, 0.25) is 0 Å². The highest BCUT2D eigenvalue weighted by Crippen LogP contribution is 2.55. The van der Waals surface area contributed by atoms with Gasteiger partial charge >= 0.3 is 0 Å². The number of fused-ring (bicyclic) bond motifs is 6. The number of carbonyl (C=O) groups is 1. The molecule has 2 aliphatic heterocycles. The van der Waals surface area contributed by atoms with Gasteiger partial charge in [0.15, 0.2) is 5.84 Å². The van der Waals surface area contributed by atoms with E-state index in [2.05, 4.69) is 15.0 Å². The quantitative estimate of drug-likeness (QED) is 0.314. The molecule has 1 aromatic heterocycles. The van der Waals surface area contributed by atoms with Crippen molar-refractivity contribution < 1.29 is 22.7 Å². The molecule has 5 atom stereocenters. The maximum absolute atomic E-state index is 14.2. The summed E-state index contributed by atoms with van der Waals surface area (Å²) < 4.78 is 46.9. The first-order valence-electron chi connectivity index (χ1n) is 14.2. The Morgan fingerprint density at radius 1 is 1.16 bits per heavy atom. The lowest BCUT2D eigenvalue weighted by atomic mass is 9.77. The standard InChI is InChI=1S/C31H30FN5O4S2/c1-2-42-25-15-22(36-43(40,41)23-4-3-13-33-16-23)11-12-24(25)34-30(35-42)27-29(38)26-19-7-8-20(14-19)28(26)37(31(27)39)17-18-5-9-21(32)10-6-18/h2-6,9-13,15-16,19-20,26,28,36,38H,7-8,14,17H2,1H3,(H,34,35)/t19-,20+,26+,28-,42?/m0/s1. The Kier molecular flexibility index (Phi) is 6.85. The average molecular weight is 620 g/mol. The van der Waals surface area contributed by atoms with Crippen molar-refractivity contribution in [2.45, 2.75) is 48.6 Å². The summed E-state index contributed by atoms with van der Waals surface area (Å²) in [6, 6.07) is 14.2. The maximum atomic E-state index is 14.2. The summed E-state index contributed by atoms with van der Waals surface area (Å²) in [5.74, 6) is 0.188. The molecule has 7 rings (SSSR count). The number of pyridine rings is 1. The van der Waals surface area contributed by atoms with Crippen molar-refractivity contribution in [2.24, 2.45) is 22.2 Å². The van der Waals surface area contributed by atoms with Gasteiger partial charge in [0.05, 0.1) is 11.4 Å². The van der Waals surface area contributed by atoms with E-state index in [9.17, 15) is 22.7 Å². The lowest BCUT2D eigenvalue weighted by molar-refractivity contribution is -0.134. The minimum absolute atomic E-state index is 0.0505. The Morgan fingerprint density at radius 2 is 1.95 bits per heavy atom. The van der Waals surface area contributed by atoms with E-state index in [1.165, 1.54) is 30.6 Å². The number of aromatic nitrogens is 1. The number of aliphatic hydroxyl groups is 1. The van der Waals surface area contributed by atoms with E-state index in [4.69, 9.17) is 4.40 Å². The highest BCUT2D eigenvalue weighted by molar-refractivity contribution is 8.14. The van der Waals surface area contributed by atoms with E-state index < -0.39 is 20.7 Å². The van der Waals surface area contributed by atoms with Crippen LogP contribution in [0.15, 0.2) is 92.5 Å². The number of amides is 1. The van der Waals surface area contributed by atoms with Crippen LogP contribution in [0.3, 0.4) is 0 Å². The first-order valence-corrected chi connectivity index (χ1v) is 16.9. The average Bonchev–Trinajstić information content (AvgIpc) is 3.63. The molecule has 3 heterocycles. The summed E-state index contributed by atoms with van der Waals surface area (Å²) in [6.45, 7) is 2.17. The van der Waals surface area contributed by atoms with Crippen LogP contribution in [0.4, 0.5) is 15.8 Å². The normalized spacial score (nSPS) is 26.2. The Balaban J connectivity index is 1.23. The zero-order valence-electron chi connectivity index (χ0n) is 23.3. The van der Waals surface area contributed by atoms with Crippen LogP contribution in [0, 0.1) is 23.6 Å². The van der Waals surface area contributed by atoms with Gasteiger partial charge in [0, 0.05) is 35.8 Å². The van der Waals surface area contributed by atoms with Gasteiger partial charge < -0.3 is 15.3 Å². The first-order chi connectivity index (χ1) is 20.7. The van der Waals surface area contributed by atoms with Gasteiger partial charge in [0.2, 0.25) is 0 Å². The van der Waals surface area contributed by atoms with Gasteiger partial charge in [-0.2, -0.15) is 0 Å². The van der Waals surface area contributed by atoms with Crippen LogP contribution in [0.25, 0.3) is 0 Å². The lowest BCUT2D eigenvalue weighted by Gasteiger charge is -2.44. The van der Waals surface area contributed by atoms with Crippen LogP contribution in [0.5, 0.6) is 0 Å². The number of amidine groups is 1. The number of sulfonamides is 1. The second-order valence-electron chi connectivity index (χ2n) is 11.3. The van der Waals surface area contributed by atoms with E-state index >= 15 is 0 Å². The predicted octanol–water partition coefficient (Wildman–Crippen LogP) is 5.48. The zero-order chi connectivity index (χ0) is 29.9. The number of nitrogens with one attached hydrogen (secondary N) is 2. The molecule has 3 N–H and O–H groups in total. The first kappa shape index (κ1) is 27.8. The van der Waals surface area contributed by atoms with Crippen molar-refractivity contribution in [1.82, 2.24) is 9.88 Å². The van der Waals surface area contributed by atoms with Crippen molar-refractivity contribution in [3.8, 4) is 0 Å². The molecule has 2 saturated carbocycles. The topological polar surface area (TPSA) is 124 Å². The van der Waals surface area contributed by atoms with Crippen molar-refractivity contribution in [3.05, 3.63) is 89.7 Å². The zero-order valence-corrected chi connectivity index (χ0v) is 24.9. The molecule has 12 heteroatoms. The third kappa shape index (κ3) is 4.82. The smallest absolute Gasteiger partial charge is 0.263 e. The molecule has 222 valence electrons. The van der Waals surface area contributed by atoms with E-state index in [1.807, 2.05) is 17.2 Å². The van der Waals surface area contributed by atoms with E-state index in [1.54, 1.807) is 36.4 Å². The molecular weight excluding hydrogens is 590 g/mol. The fraction of sp³-hybridized carbons (Fsp3) is 0.290.